The molecule has 0 aliphatic rings. The molecule has 2 aromatic carbocycles. The van der Waals surface area contributed by atoms with Crippen molar-refractivity contribution in [2.75, 3.05) is 6.61 Å². The lowest BCUT2D eigenvalue weighted by atomic mass is 10.0. The summed E-state index contributed by atoms with van der Waals surface area (Å²) in [5, 5.41) is 4.63. The van der Waals surface area contributed by atoms with Crippen molar-refractivity contribution in [1.82, 2.24) is 14.5 Å². The third-order valence-corrected chi connectivity index (χ3v) is 6.51. The number of hydrogen-bond acceptors (Lipinski definition) is 5. The van der Waals surface area contributed by atoms with Crippen LogP contribution >= 0.6 is 0 Å². The Morgan fingerprint density at radius 1 is 1.06 bits per heavy atom. The van der Waals surface area contributed by atoms with E-state index in [2.05, 4.69) is 12.0 Å². The second-order valence-corrected chi connectivity index (χ2v) is 8.94. The molecule has 0 saturated carbocycles. The maximum atomic E-state index is 12.8. The molecular formula is C23H27N3O4S. The number of hydrogen-bond donors (Lipinski definition) is 1. The van der Waals surface area contributed by atoms with E-state index in [9.17, 15) is 13.2 Å². The van der Waals surface area contributed by atoms with Crippen molar-refractivity contribution in [2.24, 2.45) is 0 Å². The predicted molar refractivity (Wildman–Crippen MR) is 120 cm³/mol. The van der Waals surface area contributed by atoms with Crippen LogP contribution in [0.1, 0.15) is 36.4 Å². The van der Waals surface area contributed by atoms with Gasteiger partial charge in [0.05, 0.1) is 22.9 Å². The molecule has 0 saturated heterocycles. The van der Waals surface area contributed by atoms with E-state index in [0.717, 1.165) is 29.1 Å². The molecule has 8 heteroatoms. The summed E-state index contributed by atoms with van der Waals surface area (Å²) in [6.07, 6.45) is -0.0890. The van der Waals surface area contributed by atoms with Crippen LogP contribution in [0.4, 0.5) is 4.79 Å². The smallest absolute Gasteiger partial charge is 0.421 e. The Kier molecular flexibility index (Phi) is 6.50. The molecule has 1 heterocycles. The van der Waals surface area contributed by atoms with Gasteiger partial charge < -0.3 is 4.74 Å². The first kappa shape index (κ1) is 22.6. The zero-order chi connectivity index (χ0) is 22.8. The highest BCUT2D eigenvalue weighted by Gasteiger charge is 2.23. The fourth-order valence-corrected chi connectivity index (χ4v) is 4.75. The summed E-state index contributed by atoms with van der Waals surface area (Å²) in [7, 11) is -4.09. The quantitative estimate of drug-likeness (QED) is 0.610. The van der Waals surface area contributed by atoms with Crippen LogP contribution in [-0.4, -0.2) is 30.9 Å². The van der Waals surface area contributed by atoms with Crippen LogP contribution in [0, 0.1) is 20.8 Å². The number of benzene rings is 2. The molecule has 0 radical (unpaired) electrons. The Labute approximate surface area is 183 Å². The van der Waals surface area contributed by atoms with Crippen LogP contribution < -0.4 is 4.72 Å². The van der Waals surface area contributed by atoms with Crippen molar-refractivity contribution in [3.63, 3.8) is 0 Å². The molecule has 3 rings (SSSR count). The van der Waals surface area contributed by atoms with Gasteiger partial charge in [0.1, 0.15) is 0 Å². The summed E-state index contributed by atoms with van der Waals surface area (Å²) < 4.78 is 34.2. The number of carbonyl (C=O) groups excluding carboxylic acids is 1. The Bertz CT molecular complexity index is 1210. The average molecular weight is 442 g/mol. The summed E-state index contributed by atoms with van der Waals surface area (Å²) in [5.74, 6) is 0. The van der Waals surface area contributed by atoms with E-state index in [-0.39, 0.29) is 11.5 Å². The normalized spacial score (nSPS) is 11.4. The first-order valence-electron chi connectivity index (χ1n) is 10.1. The zero-order valence-electron chi connectivity index (χ0n) is 18.4. The molecule has 0 fully saturated rings. The number of aryl methyl sites for hydroxylation is 2. The van der Waals surface area contributed by atoms with Crippen molar-refractivity contribution >= 4 is 16.1 Å². The lowest BCUT2D eigenvalue weighted by Crippen LogP contribution is -2.31. The van der Waals surface area contributed by atoms with E-state index in [1.165, 1.54) is 11.6 Å². The minimum atomic E-state index is -4.09. The first-order valence-corrected chi connectivity index (χ1v) is 11.6. The van der Waals surface area contributed by atoms with Crippen LogP contribution in [-0.2, 0) is 21.2 Å². The van der Waals surface area contributed by atoms with E-state index in [4.69, 9.17) is 4.74 Å². The topological polar surface area (TPSA) is 90.3 Å². The molecule has 0 bridgehead atoms. The summed E-state index contributed by atoms with van der Waals surface area (Å²) >= 11 is 0. The van der Waals surface area contributed by atoms with Crippen molar-refractivity contribution in [1.29, 1.82) is 0 Å². The van der Waals surface area contributed by atoms with E-state index in [0.29, 0.717) is 11.1 Å². The second kappa shape index (κ2) is 8.93. The summed E-state index contributed by atoms with van der Waals surface area (Å²) in [4.78, 5) is 11.7. The van der Waals surface area contributed by atoms with E-state index in [1.807, 2.05) is 54.4 Å². The number of ether oxygens (including phenoxy) is 1. The van der Waals surface area contributed by atoms with Crippen LogP contribution in [0.3, 0.4) is 0 Å². The van der Waals surface area contributed by atoms with Crippen molar-refractivity contribution in [2.45, 2.75) is 45.9 Å². The van der Waals surface area contributed by atoms with E-state index < -0.39 is 16.1 Å². The molecular weight excluding hydrogens is 414 g/mol. The number of rotatable bonds is 6. The number of carbonyl (C=O) groups is 1. The molecule has 1 amide bonds. The third kappa shape index (κ3) is 4.64. The Hall–Kier alpha value is -3.13. The Morgan fingerprint density at radius 2 is 1.74 bits per heavy atom. The molecule has 31 heavy (non-hydrogen) atoms. The Morgan fingerprint density at radius 3 is 2.32 bits per heavy atom. The lowest BCUT2D eigenvalue weighted by Gasteiger charge is -2.13. The molecule has 1 N–H and O–H groups in total. The number of amides is 1. The van der Waals surface area contributed by atoms with Crippen molar-refractivity contribution < 1.29 is 17.9 Å². The van der Waals surface area contributed by atoms with Gasteiger partial charge in [-0.25, -0.2) is 22.6 Å². The number of sulfonamides is 1. The molecule has 1 aromatic heterocycles. The fraction of sp³-hybridized carbons (Fsp3) is 0.304. The second-order valence-electron chi connectivity index (χ2n) is 7.29. The van der Waals surface area contributed by atoms with Gasteiger partial charge in [-0.2, -0.15) is 5.10 Å². The van der Waals surface area contributed by atoms with Gasteiger partial charge in [-0.1, -0.05) is 36.8 Å². The van der Waals surface area contributed by atoms with Crippen LogP contribution in [0.2, 0.25) is 0 Å². The average Bonchev–Trinajstić information content (AvgIpc) is 3.01. The maximum Gasteiger partial charge on any atom is 0.421 e. The SMILES string of the molecule is CCOC(=O)NS(=O)(=O)c1ccc(C)cc1-c1ccc(-n2nc(C)c(CC)c2C)cc1. The van der Waals surface area contributed by atoms with Crippen LogP contribution in [0.5, 0.6) is 0 Å². The highest BCUT2D eigenvalue weighted by atomic mass is 32.2. The molecule has 0 atom stereocenters. The van der Waals surface area contributed by atoms with Gasteiger partial charge in [-0.15, -0.1) is 0 Å². The number of aromatic nitrogens is 2. The maximum absolute atomic E-state index is 12.8. The number of nitrogens with zero attached hydrogens (tertiary/aromatic N) is 2. The molecule has 0 aliphatic carbocycles. The summed E-state index contributed by atoms with van der Waals surface area (Å²) in [5.41, 5.74) is 6.33. The van der Waals surface area contributed by atoms with Gasteiger partial charge in [0.2, 0.25) is 0 Å². The molecule has 0 spiro atoms. The molecule has 3 aromatic rings. The van der Waals surface area contributed by atoms with Crippen LogP contribution in [0.25, 0.3) is 16.8 Å². The van der Waals surface area contributed by atoms with Gasteiger partial charge in [0, 0.05) is 11.3 Å². The van der Waals surface area contributed by atoms with Gasteiger partial charge in [0.15, 0.2) is 0 Å². The molecule has 0 aliphatic heterocycles. The van der Waals surface area contributed by atoms with Crippen molar-refractivity contribution in [3.05, 3.63) is 65.0 Å². The standard InChI is InChI=1S/C23H27N3O4S/c1-6-20-16(4)24-26(17(20)5)19-11-9-18(10-12-19)21-14-15(3)8-13-22(21)31(28,29)25-23(27)30-7-2/h8-14H,6-7H2,1-5H3,(H,25,27). The van der Waals surface area contributed by atoms with Crippen LogP contribution in [0.15, 0.2) is 47.4 Å². The number of nitrogens with one attached hydrogen (secondary N) is 1. The first-order chi connectivity index (χ1) is 14.7. The zero-order valence-corrected chi connectivity index (χ0v) is 19.2. The van der Waals surface area contributed by atoms with Crippen molar-refractivity contribution in [3.8, 4) is 16.8 Å². The van der Waals surface area contributed by atoms with Gasteiger partial charge in [0.25, 0.3) is 10.0 Å². The predicted octanol–water partition coefficient (Wildman–Crippen LogP) is 4.46. The third-order valence-electron chi connectivity index (χ3n) is 5.14. The lowest BCUT2D eigenvalue weighted by molar-refractivity contribution is 0.158. The minimum absolute atomic E-state index is 0.0123. The monoisotopic (exact) mass is 441 g/mol. The molecule has 0 unspecified atom stereocenters. The minimum Gasteiger partial charge on any atom is -0.449 e. The van der Waals surface area contributed by atoms with E-state index in [1.54, 1.807) is 19.1 Å². The Balaban J connectivity index is 2.02. The summed E-state index contributed by atoms with van der Waals surface area (Å²) in [6, 6.07) is 12.5. The van der Waals surface area contributed by atoms with Gasteiger partial charge in [-0.3, -0.25) is 0 Å². The van der Waals surface area contributed by atoms with E-state index >= 15 is 0 Å². The highest BCUT2D eigenvalue weighted by molar-refractivity contribution is 7.90. The molecule has 164 valence electrons. The van der Waals surface area contributed by atoms with Gasteiger partial charge in [-0.05, 0) is 63.4 Å². The van der Waals surface area contributed by atoms with Gasteiger partial charge >= 0.3 is 6.09 Å². The highest BCUT2D eigenvalue weighted by Crippen LogP contribution is 2.30. The molecule has 7 nitrogen and oxygen atoms in total. The largest absolute Gasteiger partial charge is 0.449 e. The fourth-order valence-electron chi connectivity index (χ4n) is 3.65. The summed E-state index contributed by atoms with van der Waals surface area (Å²) in [6.45, 7) is 9.72.